The zero-order valence-corrected chi connectivity index (χ0v) is 28.0. The normalized spacial score (nSPS) is 12.1. The number of aromatic nitrogens is 4. The first kappa shape index (κ1) is 30.3. The Morgan fingerprint density at radius 1 is 0.511 bits per heavy atom. The summed E-state index contributed by atoms with van der Waals surface area (Å²) in [6, 6.07) is 40.8. The molecule has 0 N–H and O–H groups in total. The van der Waals surface area contributed by atoms with E-state index in [2.05, 4.69) is 168 Å². The fourth-order valence-electron chi connectivity index (χ4n) is 6.16. The Hall–Kier alpha value is -5.35. The predicted molar refractivity (Wildman–Crippen MR) is 198 cm³/mol. The molecule has 0 bridgehead atoms. The summed E-state index contributed by atoms with van der Waals surface area (Å²) in [5, 5.41) is 2.43. The van der Waals surface area contributed by atoms with Gasteiger partial charge in [-0.15, -0.1) is 0 Å². The smallest absolute Gasteiger partial charge is 0.164 e. The quantitative estimate of drug-likeness (QED) is 0.194. The van der Waals surface area contributed by atoms with Gasteiger partial charge in [0.05, 0.1) is 11.0 Å². The summed E-state index contributed by atoms with van der Waals surface area (Å²) in [5.74, 6) is 1.97. The number of benzene rings is 5. The molecule has 0 aliphatic carbocycles. The van der Waals surface area contributed by atoms with Crippen molar-refractivity contribution in [3.63, 3.8) is 0 Å². The van der Waals surface area contributed by atoms with Crippen LogP contribution in [-0.4, -0.2) is 19.5 Å². The van der Waals surface area contributed by atoms with Crippen molar-refractivity contribution in [1.82, 2.24) is 19.5 Å². The van der Waals surface area contributed by atoms with Gasteiger partial charge in [-0.05, 0) is 70.0 Å². The van der Waals surface area contributed by atoms with Crippen molar-refractivity contribution in [2.24, 2.45) is 0 Å². The molecule has 0 fully saturated rings. The Labute approximate surface area is 277 Å². The lowest BCUT2D eigenvalue weighted by Crippen LogP contribution is -2.10. The van der Waals surface area contributed by atoms with E-state index in [-0.39, 0.29) is 10.8 Å². The first-order valence-corrected chi connectivity index (χ1v) is 16.2. The molecule has 2 aromatic heterocycles. The van der Waals surface area contributed by atoms with Crippen molar-refractivity contribution in [3.8, 4) is 39.9 Å². The van der Waals surface area contributed by atoms with Crippen LogP contribution in [0.5, 0.6) is 0 Å². The van der Waals surface area contributed by atoms with Crippen LogP contribution in [0.1, 0.15) is 58.2 Å². The third-order valence-electron chi connectivity index (χ3n) is 8.97. The van der Waals surface area contributed by atoms with E-state index in [0.717, 1.165) is 33.5 Å². The average Bonchev–Trinajstić information content (AvgIpc) is 3.41. The molecule has 0 radical (unpaired) electrons. The molecule has 47 heavy (non-hydrogen) atoms. The number of rotatable bonds is 5. The van der Waals surface area contributed by atoms with Gasteiger partial charge >= 0.3 is 0 Å². The number of hydrogen-bond donors (Lipinski definition) is 0. The molecule has 7 aromatic rings. The summed E-state index contributed by atoms with van der Waals surface area (Å²) in [4.78, 5) is 15.0. The van der Waals surface area contributed by atoms with E-state index in [1.165, 1.54) is 27.4 Å². The van der Waals surface area contributed by atoms with E-state index < -0.39 is 0 Å². The number of para-hydroxylation sites is 1. The fraction of sp³-hybridized carbons (Fsp3) is 0.186. The van der Waals surface area contributed by atoms with Gasteiger partial charge < -0.3 is 4.57 Å². The van der Waals surface area contributed by atoms with Gasteiger partial charge in [0, 0.05) is 33.2 Å². The van der Waals surface area contributed by atoms with Crippen LogP contribution in [0.4, 0.5) is 0 Å². The lowest BCUT2D eigenvalue weighted by Gasteiger charge is -2.19. The van der Waals surface area contributed by atoms with Gasteiger partial charge in [-0.2, -0.15) is 0 Å². The third kappa shape index (κ3) is 5.76. The molecule has 0 aliphatic rings. The Balaban J connectivity index is 1.34. The van der Waals surface area contributed by atoms with Crippen LogP contribution in [0.3, 0.4) is 0 Å². The van der Waals surface area contributed by atoms with Crippen LogP contribution in [-0.2, 0) is 10.8 Å². The molecule has 0 amide bonds. The lowest BCUT2D eigenvalue weighted by molar-refractivity contribution is 0.590. The summed E-state index contributed by atoms with van der Waals surface area (Å²) >= 11 is 0. The number of hydrogen-bond acceptors (Lipinski definition) is 3. The second-order valence-electron chi connectivity index (χ2n) is 14.3. The summed E-state index contributed by atoms with van der Waals surface area (Å²) in [6.07, 6.45) is 1.90. The van der Waals surface area contributed by atoms with E-state index >= 15 is 0 Å². The predicted octanol–water partition coefficient (Wildman–Crippen LogP) is 11.2. The van der Waals surface area contributed by atoms with Gasteiger partial charge in [0.15, 0.2) is 17.5 Å². The van der Waals surface area contributed by atoms with Crippen molar-refractivity contribution in [2.45, 2.75) is 52.4 Å². The van der Waals surface area contributed by atoms with Crippen LogP contribution in [0.2, 0.25) is 0 Å². The van der Waals surface area contributed by atoms with Crippen LogP contribution in [0.15, 0.2) is 122 Å². The minimum absolute atomic E-state index is 0.0643. The topological polar surface area (TPSA) is 43.6 Å². The second kappa shape index (κ2) is 11.5. The van der Waals surface area contributed by atoms with E-state index in [4.69, 9.17) is 15.0 Å². The van der Waals surface area contributed by atoms with Crippen molar-refractivity contribution >= 4 is 27.9 Å². The fourth-order valence-corrected chi connectivity index (χ4v) is 6.16. The monoisotopic (exact) mass is 612 g/mol. The lowest BCUT2D eigenvalue weighted by atomic mass is 9.86. The zero-order chi connectivity index (χ0) is 32.9. The maximum Gasteiger partial charge on any atom is 0.164 e. The maximum atomic E-state index is 5.02. The summed E-state index contributed by atoms with van der Waals surface area (Å²) < 4.78 is 2.32. The summed E-state index contributed by atoms with van der Waals surface area (Å²) in [7, 11) is 0. The molecule has 2 heterocycles. The molecular formula is C43H40N4. The molecule has 5 aromatic carbocycles. The molecule has 0 saturated carbocycles. The minimum Gasteiger partial charge on any atom is -0.309 e. The van der Waals surface area contributed by atoms with Gasteiger partial charge in [0.25, 0.3) is 0 Å². The van der Waals surface area contributed by atoms with E-state index in [1.807, 2.05) is 6.08 Å². The molecule has 0 spiro atoms. The van der Waals surface area contributed by atoms with E-state index in [0.29, 0.717) is 17.5 Å². The molecule has 0 atom stereocenters. The van der Waals surface area contributed by atoms with Gasteiger partial charge in [-0.1, -0.05) is 127 Å². The Bertz CT molecular complexity index is 2170. The van der Waals surface area contributed by atoms with Crippen molar-refractivity contribution in [3.05, 3.63) is 139 Å². The second-order valence-corrected chi connectivity index (χ2v) is 14.3. The Morgan fingerprint density at radius 3 is 1.43 bits per heavy atom. The maximum absolute atomic E-state index is 5.02. The molecular weight excluding hydrogens is 573 g/mol. The summed E-state index contributed by atoms with van der Waals surface area (Å²) in [6.45, 7) is 17.3. The van der Waals surface area contributed by atoms with Gasteiger partial charge in [-0.3, -0.25) is 0 Å². The molecule has 4 heteroatoms. The van der Waals surface area contributed by atoms with Gasteiger partial charge in [-0.25, -0.2) is 15.0 Å². The van der Waals surface area contributed by atoms with Crippen LogP contribution < -0.4 is 0 Å². The van der Waals surface area contributed by atoms with E-state index in [1.54, 1.807) is 0 Å². The minimum atomic E-state index is 0.0643. The van der Waals surface area contributed by atoms with Gasteiger partial charge in [0.1, 0.15) is 0 Å². The number of nitrogens with zero attached hydrogens (tertiary/aromatic N) is 4. The molecule has 0 aliphatic heterocycles. The largest absolute Gasteiger partial charge is 0.309 e. The molecule has 4 nitrogen and oxygen atoms in total. The highest BCUT2D eigenvalue weighted by molar-refractivity contribution is 6.09. The average molecular weight is 613 g/mol. The van der Waals surface area contributed by atoms with Crippen molar-refractivity contribution in [2.75, 3.05) is 0 Å². The SMILES string of the molecule is C=Cc1ccc2c(c1)c1ccccc1n2-c1ccc(-c2nc(-c3ccc(C(C)(C)C)cc3)nc(-c3ccc(C(C)(C)C)cc3)n2)cc1. The molecule has 0 unspecified atom stereocenters. The Kier molecular flexibility index (Phi) is 7.40. The Morgan fingerprint density at radius 2 is 0.957 bits per heavy atom. The van der Waals surface area contributed by atoms with Crippen LogP contribution in [0.25, 0.3) is 67.7 Å². The highest BCUT2D eigenvalue weighted by Gasteiger charge is 2.18. The third-order valence-corrected chi connectivity index (χ3v) is 8.97. The number of fused-ring (bicyclic) bond motifs is 3. The summed E-state index contributed by atoms with van der Waals surface area (Å²) in [5.41, 5.74) is 10.1. The van der Waals surface area contributed by atoms with Crippen molar-refractivity contribution < 1.29 is 0 Å². The molecule has 232 valence electrons. The first-order chi connectivity index (χ1) is 22.5. The highest BCUT2D eigenvalue weighted by Crippen LogP contribution is 2.34. The molecule has 0 saturated heterocycles. The standard InChI is InChI=1S/C43H40N4/c1-8-28-13-26-38-36(27-28)35-11-9-10-12-37(35)47(38)34-24-18-31(19-25-34)41-45-39(29-14-20-32(21-15-29)42(2,3)4)44-40(46-41)30-16-22-33(23-17-30)43(5,6)7/h8-27H,1H2,2-7H3. The van der Waals surface area contributed by atoms with Crippen LogP contribution in [0, 0.1) is 0 Å². The van der Waals surface area contributed by atoms with E-state index in [9.17, 15) is 0 Å². The zero-order valence-electron chi connectivity index (χ0n) is 28.0. The van der Waals surface area contributed by atoms with Crippen LogP contribution >= 0.6 is 0 Å². The first-order valence-electron chi connectivity index (χ1n) is 16.2. The molecule has 7 rings (SSSR count). The highest BCUT2D eigenvalue weighted by atomic mass is 15.0. The van der Waals surface area contributed by atoms with Gasteiger partial charge in [0.2, 0.25) is 0 Å². The van der Waals surface area contributed by atoms with Crippen molar-refractivity contribution in [1.29, 1.82) is 0 Å².